The summed E-state index contributed by atoms with van der Waals surface area (Å²) in [6.45, 7) is 10.8. The molecule has 0 aromatic heterocycles. The second-order valence-electron chi connectivity index (χ2n) is 8.23. The van der Waals surface area contributed by atoms with E-state index in [2.05, 4.69) is 38.6 Å². The van der Waals surface area contributed by atoms with E-state index in [9.17, 15) is 14.4 Å². The summed E-state index contributed by atoms with van der Waals surface area (Å²) in [5.74, 6) is -0.198. The predicted molar refractivity (Wildman–Crippen MR) is 99.9 cm³/mol. The van der Waals surface area contributed by atoms with Crippen molar-refractivity contribution in [3.8, 4) is 0 Å². The lowest BCUT2D eigenvalue weighted by molar-refractivity contribution is -0.140. The van der Waals surface area contributed by atoms with Gasteiger partial charge in [-0.2, -0.15) is 0 Å². The van der Waals surface area contributed by atoms with Crippen molar-refractivity contribution in [3.63, 3.8) is 0 Å². The maximum atomic E-state index is 12.2. The van der Waals surface area contributed by atoms with Crippen molar-refractivity contribution < 1.29 is 23.5 Å². The summed E-state index contributed by atoms with van der Waals surface area (Å²) in [5, 5.41) is 0.0854. The molecule has 5 nitrogen and oxygen atoms in total. The molecule has 0 saturated carbocycles. The number of hydrogen-bond acceptors (Lipinski definition) is 5. The third-order valence-electron chi connectivity index (χ3n) is 5.09. The number of allylic oxidation sites excluding steroid dienone is 1. The number of carbonyl (C=O) groups is 3. The van der Waals surface area contributed by atoms with Crippen molar-refractivity contribution >= 4 is 25.9 Å². The van der Waals surface area contributed by atoms with E-state index in [0.29, 0.717) is 37.7 Å². The number of rotatable bonds is 9. The minimum absolute atomic E-state index is 0.0200. The maximum Gasteiger partial charge on any atom is 0.305 e. The van der Waals surface area contributed by atoms with Gasteiger partial charge in [0.15, 0.2) is 14.1 Å². The van der Waals surface area contributed by atoms with Crippen LogP contribution in [0.4, 0.5) is 0 Å². The highest BCUT2D eigenvalue weighted by molar-refractivity contribution is 6.74. The fourth-order valence-electron chi connectivity index (χ4n) is 2.47. The highest BCUT2D eigenvalue weighted by Gasteiger charge is 2.40. The van der Waals surface area contributed by atoms with Crippen LogP contribution in [0.5, 0.6) is 0 Å². The van der Waals surface area contributed by atoms with Crippen LogP contribution in [-0.4, -0.2) is 39.1 Å². The molecule has 0 N–H and O–H groups in total. The highest BCUT2D eigenvalue weighted by Crippen LogP contribution is 2.38. The zero-order valence-corrected chi connectivity index (χ0v) is 17.4. The standard InChI is InChI=1S/C19H32O5Si/c1-19(2,3)25(5,6)24-16-12-14(17(21)13-16)11-15(20)9-7-8-10-18(22)23-4/h12,16H,7-11,13H2,1-6H3/t16-/m0/s1. The first kappa shape index (κ1) is 21.8. The fourth-order valence-corrected chi connectivity index (χ4v) is 3.73. The number of hydrogen-bond donors (Lipinski definition) is 0. The van der Waals surface area contributed by atoms with E-state index in [1.807, 2.05) is 6.08 Å². The number of Topliss-reactive ketones (excluding diaryl/α,β-unsaturated/α-hetero) is 2. The quantitative estimate of drug-likeness (QED) is 0.350. The van der Waals surface area contributed by atoms with E-state index in [1.54, 1.807) is 0 Å². The number of carbonyl (C=O) groups excluding carboxylic acids is 3. The Kier molecular flexibility index (Phi) is 7.75. The number of esters is 1. The summed E-state index contributed by atoms with van der Waals surface area (Å²) in [7, 11) is -0.580. The number of ketones is 2. The molecule has 1 aliphatic carbocycles. The van der Waals surface area contributed by atoms with Gasteiger partial charge in [0, 0.05) is 31.3 Å². The zero-order valence-electron chi connectivity index (χ0n) is 16.4. The molecule has 0 radical (unpaired) electrons. The van der Waals surface area contributed by atoms with E-state index in [0.717, 1.165) is 0 Å². The topological polar surface area (TPSA) is 69.7 Å². The molecule has 0 aromatic rings. The molecule has 0 unspecified atom stereocenters. The van der Waals surface area contributed by atoms with Crippen molar-refractivity contribution in [2.75, 3.05) is 7.11 Å². The minimum atomic E-state index is -1.93. The lowest BCUT2D eigenvalue weighted by Crippen LogP contribution is -2.43. The first-order valence-corrected chi connectivity index (χ1v) is 11.9. The molecule has 0 aromatic carbocycles. The van der Waals surface area contributed by atoms with Crippen molar-refractivity contribution in [3.05, 3.63) is 11.6 Å². The molecule has 1 aliphatic rings. The predicted octanol–water partition coefficient (Wildman–Crippen LogP) is 3.97. The molecule has 1 rings (SSSR count). The van der Waals surface area contributed by atoms with E-state index in [-0.39, 0.29) is 35.1 Å². The average Bonchev–Trinajstić information content (AvgIpc) is 2.81. The first-order chi connectivity index (χ1) is 11.5. The largest absolute Gasteiger partial charge is 0.469 e. The van der Waals surface area contributed by atoms with Crippen molar-refractivity contribution in [1.82, 2.24) is 0 Å². The normalized spacial score (nSPS) is 18.2. The lowest BCUT2D eigenvalue weighted by Gasteiger charge is -2.37. The van der Waals surface area contributed by atoms with Gasteiger partial charge in [-0.05, 0) is 37.0 Å². The van der Waals surface area contributed by atoms with Crippen LogP contribution in [0.25, 0.3) is 0 Å². The van der Waals surface area contributed by atoms with Gasteiger partial charge in [0.25, 0.3) is 0 Å². The van der Waals surface area contributed by atoms with E-state index >= 15 is 0 Å². The number of ether oxygens (including phenoxy) is 1. The average molecular weight is 369 g/mol. The summed E-state index contributed by atoms with van der Waals surface area (Å²) in [5.41, 5.74) is 0.585. The molecule has 25 heavy (non-hydrogen) atoms. The fraction of sp³-hybridized carbons (Fsp3) is 0.737. The van der Waals surface area contributed by atoms with Crippen LogP contribution < -0.4 is 0 Å². The molecule has 0 bridgehead atoms. The van der Waals surface area contributed by atoms with Crippen LogP contribution in [0.2, 0.25) is 18.1 Å². The Labute approximate surface area is 152 Å². The second-order valence-corrected chi connectivity index (χ2v) is 13.0. The van der Waals surface area contributed by atoms with E-state index < -0.39 is 8.32 Å². The Morgan fingerprint density at radius 2 is 1.80 bits per heavy atom. The lowest BCUT2D eigenvalue weighted by atomic mass is 10.0. The Morgan fingerprint density at radius 3 is 2.36 bits per heavy atom. The van der Waals surface area contributed by atoms with Gasteiger partial charge in [-0.3, -0.25) is 14.4 Å². The van der Waals surface area contributed by atoms with E-state index in [1.165, 1.54) is 7.11 Å². The van der Waals surface area contributed by atoms with Crippen molar-refractivity contribution in [1.29, 1.82) is 0 Å². The first-order valence-electron chi connectivity index (χ1n) is 8.96. The number of unbranched alkanes of at least 4 members (excludes halogenated alkanes) is 1. The van der Waals surface area contributed by atoms with E-state index in [4.69, 9.17) is 4.43 Å². The molecule has 0 aliphatic heterocycles. The van der Waals surface area contributed by atoms with Gasteiger partial charge in [0.05, 0.1) is 13.2 Å². The summed E-state index contributed by atoms with van der Waals surface area (Å²) in [4.78, 5) is 35.3. The van der Waals surface area contributed by atoms with Gasteiger partial charge in [0.1, 0.15) is 5.78 Å². The van der Waals surface area contributed by atoms with Gasteiger partial charge in [-0.1, -0.05) is 20.8 Å². The summed E-state index contributed by atoms with van der Waals surface area (Å²) in [6, 6.07) is 0. The molecule has 0 fully saturated rings. The van der Waals surface area contributed by atoms with Gasteiger partial charge in [-0.25, -0.2) is 0 Å². The Morgan fingerprint density at radius 1 is 1.20 bits per heavy atom. The molecule has 0 saturated heterocycles. The second kappa shape index (κ2) is 8.90. The molecular formula is C19H32O5Si. The van der Waals surface area contributed by atoms with Crippen LogP contribution in [0.3, 0.4) is 0 Å². The SMILES string of the molecule is COC(=O)CCCCC(=O)CC1=C[C@H](O[Si](C)(C)C(C)(C)C)CC1=O. The highest BCUT2D eigenvalue weighted by atomic mass is 28.4. The Balaban J connectivity index is 2.49. The monoisotopic (exact) mass is 368 g/mol. The van der Waals surface area contributed by atoms with Crippen molar-refractivity contribution in [2.24, 2.45) is 0 Å². The van der Waals surface area contributed by atoms with Crippen molar-refractivity contribution in [2.45, 2.75) is 83.5 Å². The van der Waals surface area contributed by atoms with Crippen LogP contribution >= 0.6 is 0 Å². The molecule has 0 heterocycles. The number of methoxy groups -OCH3 is 1. The Hall–Kier alpha value is -1.27. The molecular weight excluding hydrogens is 336 g/mol. The molecule has 1 atom stereocenters. The smallest absolute Gasteiger partial charge is 0.305 e. The third kappa shape index (κ3) is 6.86. The van der Waals surface area contributed by atoms with Crippen LogP contribution in [-0.2, 0) is 23.5 Å². The summed E-state index contributed by atoms with van der Waals surface area (Å²) < 4.78 is 10.8. The summed E-state index contributed by atoms with van der Waals surface area (Å²) in [6.07, 6.45) is 4.14. The van der Waals surface area contributed by atoms with Gasteiger partial charge >= 0.3 is 5.97 Å². The summed E-state index contributed by atoms with van der Waals surface area (Å²) >= 11 is 0. The van der Waals surface area contributed by atoms with Gasteiger partial charge in [-0.15, -0.1) is 0 Å². The zero-order chi connectivity index (χ0) is 19.3. The molecule has 142 valence electrons. The van der Waals surface area contributed by atoms with Gasteiger partial charge in [0.2, 0.25) is 0 Å². The Bertz CT molecular complexity index is 543. The molecule has 6 heteroatoms. The molecule has 0 amide bonds. The maximum absolute atomic E-state index is 12.2. The van der Waals surface area contributed by atoms with Gasteiger partial charge < -0.3 is 9.16 Å². The minimum Gasteiger partial charge on any atom is -0.469 e. The van der Waals surface area contributed by atoms with Crippen LogP contribution in [0.15, 0.2) is 11.6 Å². The van der Waals surface area contributed by atoms with Crippen LogP contribution in [0.1, 0.15) is 59.3 Å². The van der Waals surface area contributed by atoms with Crippen LogP contribution in [0, 0.1) is 0 Å². The molecule has 0 spiro atoms. The third-order valence-corrected chi connectivity index (χ3v) is 9.59.